The van der Waals surface area contributed by atoms with Crippen molar-refractivity contribution in [3.8, 4) is 0 Å². The van der Waals surface area contributed by atoms with E-state index < -0.39 is 0 Å². The number of nitrogens with zero attached hydrogens (tertiary/aromatic N) is 1. The van der Waals surface area contributed by atoms with Gasteiger partial charge in [-0.05, 0) is 23.7 Å². The van der Waals surface area contributed by atoms with Gasteiger partial charge in [0.05, 0.1) is 6.04 Å². The summed E-state index contributed by atoms with van der Waals surface area (Å²) in [5.74, 6) is 0. The molecule has 0 aliphatic carbocycles. The van der Waals surface area contributed by atoms with Crippen molar-refractivity contribution in [3.63, 3.8) is 0 Å². The van der Waals surface area contributed by atoms with E-state index >= 15 is 0 Å². The molecule has 18 heavy (non-hydrogen) atoms. The van der Waals surface area contributed by atoms with Gasteiger partial charge in [0.15, 0.2) is 0 Å². The van der Waals surface area contributed by atoms with E-state index in [1.54, 1.807) is 0 Å². The van der Waals surface area contributed by atoms with Crippen LogP contribution in [0.1, 0.15) is 17.2 Å². The zero-order valence-electron chi connectivity index (χ0n) is 10.6. The minimum atomic E-state index is 0.404. The van der Waals surface area contributed by atoms with Crippen LogP contribution < -0.4 is 0 Å². The van der Waals surface area contributed by atoms with E-state index in [1.807, 2.05) is 0 Å². The largest absolute Gasteiger partial charge is 0.292 e. The smallest absolute Gasteiger partial charge is 0.0538 e. The van der Waals surface area contributed by atoms with E-state index in [-0.39, 0.29) is 0 Å². The van der Waals surface area contributed by atoms with Crippen LogP contribution in [-0.4, -0.2) is 18.5 Å². The molecule has 2 aromatic rings. The first kappa shape index (κ1) is 11.2. The highest BCUT2D eigenvalue weighted by molar-refractivity contribution is 5.70. The molecule has 1 unspecified atom stereocenters. The van der Waals surface area contributed by atoms with Gasteiger partial charge < -0.3 is 0 Å². The number of hydrogen-bond donors (Lipinski definition) is 0. The lowest BCUT2D eigenvalue weighted by Crippen LogP contribution is -2.18. The fourth-order valence-electron chi connectivity index (χ4n) is 2.58. The molecule has 0 fully saturated rings. The van der Waals surface area contributed by atoms with Gasteiger partial charge in [-0.3, -0.25) is 4.90 Å². The molecule has 90 valence electrons. The predicted molar refractivity (Wildman–Crippen MR) is 76.2 cm³/mol. The van der Waals surface area contributed by atoms with Gasteiger partial charge >= 0.3 is 0 Å². The van der Waals surface area contributed by atoms with Crippen molar-refractivity contribution in [1.82, 2.24) is 4.90 Å². The molecule has 0 saturated carbocycles. The fourth-order valence-corrected chi connectivity index (χ4v) is 2.58. The maximum absolute atomic E-state index is 2.39. The van der Waals surface area contributed by atoms with Crippen molar-refractivity contribution in [2.75, 3.05) is 13.6 Å². The van der Waals surface area contributed by atoms with E-state index in [0.29, 0.717) is 6.04 Å². The van der Waals surface area contributed by atoms with Crippen molar-refractivity contribution in [2.45, 2.75) is 6.04 Å². The monoisotopic (exact) mass is 235 g/mol. The maximum atomic E-state index is 2.39. The van der Waals surface area contributed by atoms with Gasteiger partial charge in [-0.25, -0.2) is 0 Å². The molecule has 1 heteroatoms. The number of hydrogen-bond acceptors (Lipinski definition) is 1. The number of likely N-dealkylation sites (N-methyl/N-ethyl adjacent to an activating group) is 1. The quantitative estimate of drug-likeness (QED) is 0.766. The average molecular weight is 235 g/mol. The Morgan fingerprint density at radius 3 is 2.17 bits per heavy atom. The topological polar surface area (TPSA) is 3.24 Å². The Labute approximate surface area is 108 Å². The molecule has 0 saturated heterocycles. The lowest BCUT2D eigenvalue weighted by molar-refractivity contribution is 0.342. The first-order valence-electron chi connectivity index (χ1n) is 6.36. The van der Waals surface area contributed by atoms with Gasteiger partial charge in [-0.15, -0.1) is 0 Å². The third-order valence-corrected chi connectivity index (χ3v) is 3.54. The standard InChI is InChI=1S/C17H17N/c1-18-13-16(14-8-4-2-5-9-14)12-17(18)15-10-6-3-7-11-15/h2-12,17H,13H2,1H3. The van der Waals surface area contributed by atoms with E-state index in [0.717, 1.165) is 6.54 Å². The second kappa shape index (κ2) is 4.79. The molecule has 0 amide bonds. The van der Waals surface area contributed by atoms with E-state index in [4.69, 9.17) is 0 Å². The third kappa shape index (κ3) is 2.09. The highest BCUT2D eigenvalue weighted by Gasteiger charge is 2.23. The van der Waals surface area contributed by atoms with Crippen molar-refractivity contribution in [3.05, 3.63) is 77.9 Å². The summed E-state index contributed by atoms with van der Waals surface area (Å²) in [6.45, 7) is 1.02. The third-order valence-electron chi connectivity index (χ3n) is 3.54. The molecular weight excluding hydrogens is 218 g/mol. The Morgan fingerprint density at radius 1 is 0.889 bits per heavy atom. The summed E-state index contributed by atoms with van der Waals surface area (Å²) in [4.78, 5) is 2.39. The maximum Gasteiger partial charge on any atom is 0.0538 e. The molecular formula is C17H17N. The molecule has 1 atom stereocenters. The summed E-state index contributed by atoms with van der Waals surface area (Å²) in [5.41, 5.74) is 4.13. The van der Waals surface area contributed by atoms with Gasteiger partial charge in [0.2, 0.25) is 0 Å². The molecule has 3 rings (SSSR count). The molecule has 0 bridgehead atoms. The zero-order valence-corrected chi connectivity index (χ0v) is 10.6. The zero-order chi connectivity index (χ0) is 12.4. The Hall–Kier alpha value is -1.86. The van der Waals surface area contributed by atoms with Crippen molar-refractivity contribution >= 4 is 5.57 Å². The Kier molecular flexibility index (Phi) is 2.99. The second-order valence-electron chi connectivity index (χ2n) is 4.83. The van der Waals surface area contributed by atoms with Crippen molar-refractivity contribution in [2.24, 2.45) is 0 Å². The minimum absolute atomic E-state index is 0.404. The minimum Gasteiger partial charge on any atom is -0.292 e. The van der Waals surface area contributed by atoms with E-state index in [2.05, 4.69) is 78.7 Å². The summed E-state index contributed by atoms with van der Waals surface area (Å²) in [6, 6.07) is 21.7. The van der Waals surface area contributed by atoms with Crippen LogP contribution >= 0.6 is 0 Å². The first-order valence-corrected chi connectivity index (χ1v) is 6.36. The van der Waals surface area contributed by atoms with E-state index in [1.165, 1.54) is 16.7 Å². The molecule has 0 N–H and O–H groups in total. The molecule has 0 spiro atoms. The van der Waals surface area contributed by atoms with Crippen LogP contribution in [0.5, 0.6) is 0 Å². The van der Waals surface area contributed by atoms with Gasteiger partial charge in [-0.1, -0.05) is 66.7 Å². The highest BCUT2D eigenvalue weighted by atomic mass is 15.1. The first-order chi connectivity index (χ1) is 8.84. The van der Waals surface area contributed by atoms with Gasteiger partial charge in [0.1, 0.15) is 0 Å². The lowest BCUT2D eigenvalue weighted by Gasteiger charge is -2.19. The van der Waals surface area contributed by atoms with Crippen molar-refractivity contribution in [1.29, 1.82) is 0 Å². The van der Waals surface area contributed by atoms with Crippen molar-refractivity contribution < 1.29 is 0 Å². The second-order valence-corrected chi connectivity index (χ2v) is 4.83. The fraction of sp³-hybridized carbons (Fsp3) is 0.176. The highest BCUT2D eigenvalue weighted by Crippen LogP contribution is 2.32. The molecule has 0 aromatic heterocycles. The number of rotatable bonds is 2. The predicted octanol–water partition coefficient (Wildman–Crippen LogP) is 3.76. The Bertz CT molecular complexity index is 542. The van der Waals surface area contributed by atoms with Crippen LogP contribution in [-0.2, 0) is 0 Å². The van der Waals surface area contributed by atoms with Crippen LogP contribution in [0.15, 0.2) is 66.7 Å². The molecule has 2 aromatic carbocycles. The van der Waals surface area contributed by atoms with Crippen LogP contribution in [0.4, 0.5) is 0 Å². The molecule has 1 aliphatic heterocycles. The molecule has 1 heterocycles. The van der Waals surface area contributed by atoms with Gasteiger partial charge in [0, 0.05) is 6.54 Å². The van der Waals surface area contributed by atoms with Crippen LogP contribution in [0.25, 0.3) is 5.57 Å². The van der Waals surface area contributed by atoms with Gasteiger partial charge in [0.25, 0.3) is 0 Å². The van der Waals surface area contributed by atoms with Gasteiger partial charge in [-0.2, -0.15) is 0 Å². The lowest BCUT2D eigenvalue weighted by atomic mass is 10.0. The summed E-state index contributed by atoms with van der Waals surface area (Å²) in [5, 5.41) is 0. The van der Waals surface area contributed by atoms with Crippen LogP contribution in [0.3, 0.4) is 0 Å². The Balaban J connectivity index is 1.92. The SMILES string of the molecule is CN1CC(c2ccccc2)=CC1c1ccccc1. The summed E-state index contributed by atoms with van der Waals surface area (Å²) < 4.78 is 0. The summed E-state index contributed by atoms with van der Waals surface area (Å²) in [7, 11) is 2.18. The average Bonchev–Trinajstić information content (AvgIpc) is 2.83. The summed E-state index contributed by atoms with van der Waals surface area (Å²) in [6.07, 6.45) is 2.38. The van der Waals surface area contributed by atoms with E-state index in [9.17, 15) is 0 Å². The molecule has 0 radical (unpaired) electrons. The van der Waals surface area contributed by atoms with Crippen LogP contribution in [0, 0.1) is 0 Å². The Morgan fingerprint density at radius 2 is 1.50 bits per heavy atom. The normalized spacial score (nSPS) is 19.8. The molecule has 1 aliphatic rings. The van der Waals surface area contributed by atoms with Crippen LogP contribution in [0.2, 0.25) is 0 Å². The number of benzene rings is 2. The molecule has 1 nitrogen and oxygen atoms in total. The summed E-state index contributed by atoms with van der Waals surface area (Å²) >= 11 is 0.